The van der Waals surface area contributed by atoms with Gasteiger partial charge in [0.25, 0.3) is 5.91 Å². The van der Waals surface area contributed by atoms with Crippen molar-refractivity contribution in [2.75, 3.05) is 6.61 Å². The van der Waals surface area contributed by atoms with Crippen LogP contribution < -0.4 is 5.32 Å². The monoisotopic (exact) mass is 342 g/mol. The molecule has 0 saturated heterocycles. The number of thiophene rings is 1. The van der Waals surface area contributed by atoms with Crippen molar-refractivity contribution < 1.29 is 9.63 Å². The van der Waals surface area contributed by atoms with Gasteiger partial charge in [-0.2, -0.15) is 0 Å². The van der Waals surface area contributed by atoms with Gasteiger partial charge in [-0.15, -0.1) is 11.3 Å². The van der Waals surface area contributed by atoms with E-state index in [1.54, 1.807) is 29.5 Å². The molecular weight excluding hydrogens is 331 g/mol. The SMILES string of the molecule is O=C(CO/N=C/c1ccc(Cl)cc1Cl)NCc1cccs1. The van der Waals surface area contributed by atoms with Crippen molar-refractivity contribution in [2.24, 2.45) is 5.16 Å². The molecule has 0 radical (unpaired) electrons. The summed E-state index contributed by atoms with van der Waals surface area (Å²) in [6.07, 6.45) is 1.44. The van der Waals surface area contributed by atoms with Crippen LogP contribution in [0.3, 0.4) is 0 Å². The van der Waals surface area contributed by atoms with E-state index >= 15 is 0 Å². The van der Waals surface area contributed by atoms with Crippen LogP contribution >= 0.6 is 34.5 Å². The molecule has 0 spiro atoms. The fraction of sp³-hybridized carbons (Fsp3) is 0.143. The van der Waals surface area contributed by atoms with Gasteiger partial charge < -0.3 is 10.2 Å². The molecule has 0 bridgehead atoms. The number of oxime groups is 1. The van der Waals surface area contributed by atoms with E-state index in [4.69, 9.17) is 28.0 Å². The zero-order chi connectivity index (χ0) is 15.1. The zero-order valence-corrected chi connectivity index (χ0v) is 13.2. The minimum absolute atomic E-state index is 0.146. The van der Waals surface area contributed by atoms with Crippen LogP contribution in [0.4, 0.5) is 0 Å². The minimum Gasteiger partial charge on any atom is -0.386 e. The van der Waals surface area contributed by atoms with E-state index in [0.717, 1.165) is 4.88 Å². The molecule has 1 amide bonds. The molecule has 7 heteroatoms. The van der Waals surface area contributed by atoms with Gasteiger partial charge in [-0.05, 0) is 23.6 Å². The summed E-state index contributed by atoms with van der Waals surface area (Å²) >= 11 is 13.3. The molecule has 0 aliphatic carbocycles. The first-order valence-electron chi connectivity index (χ1n) is 6.04. The number of hydrogen-bond donors (Lipinski definition) is 1. The molecule has 0 aliphatic heterocycles. The summed E-state index contributed by atoms with van der Waals surface area (Å²) in [5, 5.41) is 9.41. The van der Waals surface area contributed by atoms with Crippen molar-refractivity contribution in [3.05, 3.63) is 56.2 Å². The van der Waals surface area contributed by atoms with Gasteiger partial charge in [0.05, 0.1) is 17.8 Å². The van der Waals surface area contributed by atoms with Crippen molar-refractivity contribution in [3.63, 3.8) is 0 Å². The molecule has 2 aromatic rings. The Kier molecular flexibility index (Phi) is 6.04. The average Bonchev–Trinajstić information content (AvgIpc) is 2.96. The summed E-state index contributed by atoms with van der Waals surface area (Å²) in [7, 11) is 0. The average molecular weight is 343 g/mol. The first-order valence-corrected chi connectivity index (χ1v) is 7.68. The Hall–Kier alpha value is -1.56. The molecule has 1 aromatic carbocycles. The first-order chi connectivity index (χ1) is 10.1. The molecule has 4 nitrogen and oxygen atoms in total. The van der Waals surface area contributed by atoms with Crippen LogP contribution in [-0.4, -0.2) is 18.7 Å². The molecule has 1 aromatic heterocycles. The molecule has 0 fully saturated rings. The molecule has 0 saturated carbocycles. The third-order valence-corrected chi connectivity index (χ3v) is 3.90. The van der Waals surface area contributed by atoms with Gasteiger partial charge in [-0.25, -0.2) is 0 Å². The first kappa shape index (κ1) is 15.8. The molecule has 1 heterocycles. The number of carbonyl (C=O) groups is 1. The largest absolute Gasteiger partial charge is 0.386 e. The Balaban J connectivity index is 1.73. The number of nitrogens with zero attached hydrogens (tertiary/aromatic N) is 1. The molecule has 0 unspecified atom stereocenters. The Morgan fingerprint density at radius 3 is 2.95 bits per heavy atom. The molecule has 0 aliphatic rings. The highest BCUT2D eigenvalue weighted by atomic mass is 35.5. The van der Waals surface area contributed by atoms with Gasteiger partial charge in [0.15, 0.2) is 6.61 Å². The van der Waals surface area contributed by atoms with Crippen molar-refractivity contribution in [1.82, 2.24) is 5.32 Å². The Morgan fingerprint density at radius 2 is 2.24 bits per heavy atom. The lowest BCUT2D eigenvalue weighted by Crippen LogP contribution is -2.26. The number of carbonyl (C=O) groups excluding carboxylic acids is 1. The molecule has 2 rings (SSSR count). The fourth-order valence-corrected chi connectivity index (χ4v) is 2.55. The lowest BCUT2D eigenvalue weighted by molar-refractivity contribution is -0.125. The van der Waals surface area contributed by atoms with E-state index in [-0.39, 0.29) is 12.5 Å². The lowest BCUT2D eigenvalue weighted by atomic mass is 10.2. The van der Waals surface area contributed by atoms with Crippen molar-refractivity contribution >= 4 is 46.7 Å². The second kappa shape index (κ2) is 8.02. The zero-order valence-electron chi connectivity index (χ0n) is 10.9. The number of amides is 1. The van der Waals surface area contributed by atoms with Crippen molar-refractivity contribution in [2.45, 2.75) is 6.54 Å². The van der Waals surface area contributed by atoms with Gasteiger partial charge in [0, 0.05) is 15.5 Å². The third kappa shape index (κ3) is 5.38. The summed E-state index contributed by atoms with van der Waals surface area (Å²) in [4.78, 5) is 17.5. The summed E-state index contributed by atoms with van der Waals surface area (Å²) in [6.45, 7) is 0.347. The highest BCUT2D eigenvalue weighted by Crippen LogP contribution is 2.19. The van der Waals surface area contributed by atoms with E-state index in [2.05, 4.69) is 10.5 Å². The number of hydrogen-bond acceptors (Lipinski definition) is 4. The van der Waals surface area contributed by atoms with E-state index < -0.39 is 0 Å². The summed E-state index contributed by atoms with van der Waals surface area (Å²) in [6, 6.07) is 8.91. The van der Waals surface area contributed by atoms with Gasteiger partial charge >= 0.3 is 0 Å². The predicted octanol–water partition coefficient (Wildman–Crippen LogP) is 3.72. The Morgan fingerprint density at radius 1 is 1.38 bits per heavy atom. The summed E-state index contributed by atoms with van der Waals surface area (Å²) in [5.74, 6) is -0.234. The van der Waals surface area contributed by atoms with Crippen molar-refractivity contribution in [3.8, 4) is 0 Å². The number of halogens is 2. The highest BCUT2D eigenvalue weighted by molar-refractivity contribution is 7.09. The van der Waals surface area contributed by atoms with Crippen LogP contribution in [0.5, 0.6) is 0 Å². The fourth-order valence-electron chi connectivity index (χ4n) is 1.45. The van der Waals surface area contributed by atoms with Crippen LogP contribution in [0.1, 0.15) is 10.4 Å². The summed E-state index contributed by atoms with van der Waals surface area (Å²) < 4.78 is 0. The van der Waals surface area contributed by atoms with Gasteiger partial charge in [0.1, 0.15) is 0 Å². The number of benzene rings is 1. The number of rotatable bonds is 6. The van der Waals surface area contributed by atoms with Crippen LogP contribution in [0.15, 0.2) is 40.9 Å². The molecule has 110 valence electrons. The second-order valence-electron chi connectivity index (χ2n) is 4.03. The summed E-state index contributed by atoms with van der Waals surface area (Å²) in [5.41, 5.74) is 0.667. The van der Waals surface area contributed by atoms with Crippen LogP contribution in [0, 0.1) is 0 Å². The van der Waals surface area contributed by atoms with E-state index in [1.807, 2.05) is 17.5 Å². The predicted molar refractivity (Wildman–Crippen MR) is 86.2 cm³/mol. The van der Waals surface area contributed by atoms with Gasteiger partial charge in [0.2, 0.25) is 0 Å². The van der Waals surface area contributed by atoms with Crippen LogP contribution in [-0.2, 0) is 16.2 Å². The second-order valence-corrected chi connectivity index (χ2v) is 5.91. The maximum absolute atomic E-state index is 11.5. The maximum Gasteiger partial charge on any atom is 0.261 e. The Bertz CT molecular complexity index is 630. The van der Waals surface area contributed by atoms with Gasteiger partial charge in [-0.1, -0.05) is 40.5 Å². The molecule has 1 N–H and O–H groups in total. The van der Waals surface area contributed by atoms with E-state index in [1.165, 1.54) is 6.21 Å². The molecule has 0 atom stereocenters. The minimum atomic E-state index is -0.234. The lowest BCUT2D eigenvalue weighted by Gasteiger charge is -2.02. The smallest absolute Gasteiger partial charge is 0.261 e. The molecular formula is C14H12Cl2N2O2S. The normalized spacial score (nSPS) is 10.8. The van der Waals surface area contributed by atoms with E-state index in [0.29, 0.717) is 22.2 Å². The van der Waals surface area contributed by atoms with Crippen LogP contribution in [0.2, 0.25) is 10.0 Å². The topological polar surface area (TPSA) is 50.7 Å². The maximum atomic E-state index is 11.5. The quantitative estimate of drug-likeness (QED) is 0.642. The Labute approximate surface area is 136 Å². The van der Waals surface area contributed by atoms with Gasteiger partial charge in [-0.3, -0.25) is 4.79 Å². The van der Waals surface area contributed by atoms with Crippen molar-refractivity contribution in [1.29, 1.82) is 0 Å². The highest BCUT2D eigenvalue weighted by Gasteiger charge is 2.02. The third-order valence-electron chi connectivity index (χ3n) is 2.46. The standard InChI is InChI=1S/C14H12Cl2N2O2S/c15-11-4-3-10(13(16)6-11)7-18-20-9-14(19)17-8-12-2-1-5-21-12/h1-7H,8-9H2,(H,17,19)/b18-7+. The number of nitrogens with one attached hydrogen (secondary N) is 1. The van der Waals surface area contributed by atoms with Crippen LogP contribution in [0.25, 0.3) is 0 Å². The molecule has 21 heavy (non-hydrogen) atoms. The van der Waals surface area contributed by atoms with E-state index in [9.17, 15) is 4.79 Å².